The van der Waals surface area contributed by atoms with Crippen molar-refractivity contribution >= 4 is 38.9 Å². The van der Waals surface area contributed by atoms with Crippen molar-refractivity contribution in [2.45, 2.75) is 11.8 Å². The Balaban J connectivity index is 2.18. The Bertz CT molecular complexity index is 930. The molecule has 0 aliphatic rings. The van der Waals surface area contributed by atoms with E-state index in [2.05, 4.69) is 5.32 Å². The fourth-order valence-corrected chi connectivity index (χ4v) is 2.94. The van der Waals surface area contributed by atoms with Crippen LogP contribution in [-0.2, 0) is 14.8 Å². The average molecular weight is 398 g/mol. The molecule has 2 aromatic carbocycles. The maximum atomic E-state index is 12.2. The van der Waals surface area contributed by atoms with E-state index < -0.39 is 15.9 Å². The fraction of sp³-hybridized carbons (Fsp3) is 0.235. The summed E-state index contributed by atoms with van der Waals surface area (Å²) in [6, 6.07) is 9.49. The third-order valence-electron chi connectivity index (χ3n) is 3.50. The Labute approximate surface area is 157 Å². The molecule has 0 heterocycles. The number of halogens is 1. The molecule has 7 nitrogen and oxygen atoms in total. The van der Waals surface area contributed by atoms with E-state index in [0.29, 0.717) is 22.1 Å². The molecule has 0 bridgehead atoms. The first-order valence-corrected chi connectivity index (χ1v) is 9.53. The number of benzene rings is 2. The molecule has 26 heavy (non-hydrogen) atoms. The highest BCUT2D eigenvalue weighted by atomic mass is 35.5. The number of nitrogens with one attached hydrogen (secondary N) is 1. The SMILES string of the molecule is Cc1ccc(Cl)c(OCC(=O)Nc2cc(S(N)(=O)=O)ccc2N(C)C)c1. The van der Waals surface area contributed by atoms with E-state index in [9.17, 15) is 13.2 Å². The molecule has 0 aliphatic carbocycles. The number of hydrogen-bond donors (Lipinski definition) is 2. The number of amides is 1. The summed E-state index contributed by atoms with van der Waals surface area (Å²) in [5.41, 5.74) is 1.88. The van der Waals surface area contributed by atoms with Gasteiger partial charge in [-0.15, -0.1) is 0 Å². The second-order valence-electron chi connectivity index (χ2n) is 5.89. The van der Waals surface area contributed by atoms with Crippen LogP contribution in [0.4, 0.5) is 11.4 Å². The minimum Gasteiger partial charge on any atom is -0.482 e. The monoisotopic (exact) mass is 397 g/mol. The molecule has 0 aromatic heterocycles. The van der Waals surface area contributed by atoms with Crippen LogP contribution >= 0.6 is 11.6 Å². The lowest BCUT2D eigenvalue weighted by Crippen LogP contribution is -2.23. The number of primary sulfonamides is 1. The molecular formula is C17H20ClN3O4S. The summed E-state index contributed by atoms with van der Waals surface area (Å²) in [4.78, 5) is 13.9. The van der Waals surface area contributed by atoms with Crippen molar-refractivity contribution in [1.82, 2.24) is 0 Å². The predicted octanol–water partition coefficient (Wildman–Crippen LogP) is 2.38. The first-order chi connectivity index (χ1) is 12.1. The second-order valence-corrected chi connectivity index (χ2v) is 7.86. The first-order valence-electron chi connectivity index (χ1n) is 7.61. The maximum absolute atomic E-state index is 12.2. The molecule has 0 atom stereocenters. The maximum Gasteiger partial charge on any atom is 0.262 e. The molecular weight excluding hydrogens is 378 g/mol. The topological polar surface area (TPSA) is 102 Å². The minimum absolute atomic E-state index is 0.0963. The lowest BCUT2D eigenvalue weighted by molar-refractivity contribution is -0.118. The zero-order valence-corrected chi connectivity index (χ0v) is 16.2. The van der Waals surface area contributed by atoms with Gasteiger partial charge in [-0.25, -0.2) is 13.6 Å². The lowest BCUT2D eigenvalue weighted by atomic mass is 10.2. The van der Waals surface area contributed by atoms with E-state index >= 15 is 0 Å². The number of sulfonamides is 1. The van der Waals surface area contributed by atoms with Crippen LogP contribution in [-0.4, -0.2) is 35.0 Å². The van der Waals surface area contributed by atoms with E-state index in [1.54, 1.807) is 37.2 Å². The number of nitrogens with zero attached hydrogens (tertiary/aromatic N) is 1. The molecule has 0 radical (unpaired) electrons. The van der Waals surface area contributed by atoms with Gasteiger partial charge in [0.15, 0.2) is 6.61 Å². The van der Waals surface area contributed by atoms with E-state index in [4.69, 9.17) is 21.5 Å². The molecule has 1 amide bonds. The molecule has 140 valence electrons. The van der Waals surface area contributed by atoms with Crippen molar-refractivity contribution in [2.24, 2.45) is 5.14 Å². The van der Waals surface area contributed by atoms with E-state index in [-0.39, 0.29) is 11.5 Å². The predicted molar refractivity (Wildman–Crippen MR) is 102 cm³/mol. The number of rotatable bonds is 6. The summed E-state index contributed by atoms with van der Waals surface area (Å²) in [5, 5.41) is 8.19. The Morgan fingerprint density at radius 1 is 1.23 bits per heavy atom. The van der Waals surface area contributed by atoms with Crippen molar-refractivity contribution < 1.29 is 17.9 Å². The number of carbonyl (C=O) groups is 1. The molecule has 0 spiro atoms. The third-order valence-corrected chi connectivity index (χ3v) is 4.72. The number of nitrogens with two attached hydrogens (primary N) is 1. The van der Waals surface area contributed by atoms with Gasteiger partial charge >= 0.3 is 0 Å². The van der Waals surface area contributed by atoms with Crippen LogP contribution in [0.5, 0.6) is 5.75 Å². The summed E-state index contributed by atoms with van der Waals surface area (Å²) in [5.74, 6) is -0.0646. The van der Waals surface area contributed by atoms with Crippen LogP contribution in [0.2, 0.25) is 5.02 Å². The molecule has 2 rings (SSSR count). The average Bonchev–Trinajstić information content (AvgIpc) is 2.54. The van der Waals surface area contributed by atoms with Gasteiger partial charge < -0.3 is 15.0 Å². The van der Waals surface area contributed by atoms with Gasteiger partial charge in [0.05, 0.1) is 21.3 Å². The van der Waals surface area contributed by atoms with Gasteiger partial charge in [0, 0.05) is 14.1 Å². The van der Waals surface area contributed by atoms with Crippen LogP contribution in [0.3, 0.4) is 0 Å². The highest BCUT2D eigenvalue weighted by Gasteiger charge is 2.15. The van der Waals surface area contributed by atoms with Gasteiger partial charge in [-0.3, -0.25) is 4.79 Å². The standard InChI is InChI=1S/C17H20ClN3O4S/c1-11-4-6-13(18)16(8-11)25-10-17(22)20-14-9-12(26(19,23)24)5-7-15(14)21(2)3/h4-9H,10H2,1-3H3,(H,20,22)(H2,19,23,24). The number of hydrogen-bond acceptors (Lipinski definition) is 5. The summed E-state index contributed by atoms with van der Waals surface area (Å²) >= 11 is 6.03. The van der Waals surface area contributed by atoms with E-state index in [0.717, 1.165) is 5.56 Å². The zero-order chi connectivity index (χ0) is 19.5. The molecule has 2 aromatic rings. The number of ether oxygens (including phenoxy) is 1. The van der Waals surface area contributed by atoms with Crippen molar-refractivity contribution in [3.8, 4) is 5.75 Å². The third kappa shape index (κ3) is 5.10. The van der Waals surface area contributed by atoms with Gasteiger partial charge in [-0.1, -0.05) is 17.7 Å². The largest absolute Gasteiger partial charge is 0.482 e. The Kier molecular flexibility index (Phi) is 6.12. The molecule has 0 saturated heterocycles. The molecule has 0 aliphatic heterocycles. The van der Waals surface area contributed by atoms with Gasteiger partial charge in [0.25, 0.3) is 5.91 Å². The number of anilines is 2. The van der Waals surface area contributed by atoms with Crippen LogP contribution < -0.4 is 20.1 Å². The van der Waals surface area contributed by atoms with Crippen LogP contribution in [0.15, 0.2) is 41.3 Å². The Morgan fingerprint density at radius 3 is 2.54 bits per heavy atom. The summed E-state index contributed by atoms with van der Waals surface area (Å²) < 4.78 is 28.5. The van der Waals surface area contributed by atoms with Crippen LogP contribution in [0.25, 0.3) is 0 Å². The number of aryl methyl sites for hydroxylation is 1. The van der Waals surface area contributed by atoms with Gasteiger partial charge in [0.1, 0.15) is 5.75 Å². The summed E-state index contributed by atoms with van der Waals surface area (Å²) in [7, 11) is -0.351. The van der Waals surface area contributed by atoms with Gasteiger partial charge in [0.2, 0.25) is 10.0 Å². The Hall–Kier alpha value is -2.29. The normalized spacial score (nSPS) is 11.1. The molecule has 3 N–H and O–H groups in total. The van der Waals surface area contributed by atoms with Crippen molar-refractivity contribution in [3.63, 3.8) is 0 Å². The molecule has 0 saturated carbocycles. The summed E-state index contributed by atoms with van der Waals surface area (Å²) in [6.45, 7) is 1.60. The number of carbonyl (C=O) groups excluding carboxylic acids is 1. The summed E-state index contributed by atoms with van der Waals surface area (Å²) in [6.07, 6.45) is 0. The van der Waals surface area contributed by atoms with Crippen LogP contribution in [0, 0.1) is 6.92 Å². The highest BCUT2D eigenvalue weighted by molar-refractivity contribution is 7.89. The van der Waals surface area contributed by atoms with Gasteiger partial charge in [-0.2, -0.15) is 0 Å². The van der Waals surface area contributed by atoms with Crippen molar-refractivity contribution in [1.29, 1.82) is 0 Å². The lowest BCUT2D eigenvalue weighted by Gasteiger charge is -2.19. The fourth-order valence-electron chi connectivity index (χ4n) is 2.23. The quantitative estimate of drug-likeness (QED) is 0.779. The van der Waals surface area contributed by atoms with Crippen molar-refractivity contribution in [3.05, 3.63) is 47.0 Å². The van der Waals surface area contributed by atoms with Crippen molar-refractivity contribution in [2.75, 3.05) is 30.9 Å². The van der Waals surface area contributed by atoms with E-state index in [1.165, 1.54) is 12.1 Å². The molecule has 9 heteroatoms. The smallest absolute Gasteiger partial charge is 0.262 e. The van der Waals surface area contributed by atoms with E-state index in [1.807, 2.05) is 13.0 Å². The molecule has 0 unspecified atom stereocenters. The highest BCUT2D eigenvalue weighted by Crippen LogP contribution is 2.28. The van der Waals surface area contributed by atoms with Gasteiger partial charge in [-0.05, 0) is 42.8 Å². The minimum atomic E-state index is -3.89. The van der Waals surface area contributed by atoms with Crippen LogP contribution in [0.1, 0.15) is 5.56 Å². The Morgan fingerprint density at radius 2 is 1.92 bits per heavy atom. The zero-order valence-electron chi connectivity index (χ0n) is 14.6. The second kappa shape index (κ2) is 7.94. The first kappa shape index (κ1) is 20.0. The molecule has 0 fully saturated rings.